The van der Waals surface area contributed by atoms with Gasteiger partial charge in [-0.3, -0.25) is 0 Å². The van der Waals surface area contributed by atoms with Gasteiger partial charge in [-0.15, -0.1) is 0 Å². The lowest BCUT2D eigenvalue weighted by molar-refractivity contribution is 0.360. The van der Waals surface area contributed by atoms with Gasteiger partial charge in [0, 0.05) is 4.47 Å². The fourth-order valence-electron chi connectivity index (χ4n) is 3.73. The van der Waals surface area contributed by atoms with Crippen molar-refractivity contribution < 1.29 is 8.42 Å². The lowest BCUT2D eigenvalue weighted by Gasteiger charge is -2.21. The zero-order valence-corrected chi connectivity index (χ0v) is 13.1. The summed E-state index contributed by atoms with van der Waals surface area (Å²) in [6.45, 7) is 0. The summed E-state index contributed by atoms with van der Waals surface area (Å²) >= 11 is 3.31. The lowest BCUT2D eigenvalue weighted by atomic mass is 9.90. The summed E-state index contributed by atoms with van der Waals surface area (Å²) in [5, 5.41) is 0. The van der Waals surface area contributed by atoms with Gasteiger partial charge in [0.15, 0.2) is 9.84 Å². The molecule has 104 valence electrons. The van der Waals surface area contributed by atoms with Gasteiger partial charge in [-0.2, -0.15) is 0 Å². The average molecular weight is 344 g/mol. The minimum atomic E-state index is -3.27. The molecule has 3 rings (SSSR count). The molecule has 0 aliphatic heterocycles. The second-order valence-corrected chi connectivity index (χ2v) is 8.82. The van der Waals surface area contributed by atoms with E-state index in [1.54, 1.807) is 18.2 Å². The molecule has 5 heteroatoms. The number of rotatable bonds is 3. The van der Waals surface area contributed by atoms with Crippen molar-refractivity contribution in [2.45, 2.75) is 30.6 Å². The van der Waals surface area contributed by atoms with Crippen LogP contribution in [0.25, 0.3) is 0 Å². The van der Waals surface area contributed by atoms with Crippen molar-refractivity contribution in [3.63, 3.8) is 0 Å². The fourth-order valence-corrected chi connectivity index (χ4v) is 6.13. The molecule has 2 aliphatic rings. The van der Waals surface area contributed by atoms with Crippen LogP contribution in [-0.4, -0.2) is 14.2 Å². The number of benzene rings is 1. The van der Waals surface area contributed by atoms with Crippen LogP contribution in [0, 0.1) is 17.8 Å². The lowest BCUT2D eigenvalue weighted by Crippen LogP contribution is -2.22. The van der Waals surface area contributed by atoms with E-state index < -0.39 is 9.84 Å². The van der Waals surface area contributed by atoms with Crippen LogP contribution >= 0.6 is 15.9 Å². The maximum absolute atomic E-state index is 12.5. The Morgan fingerprint density at radius 2 is 2.05 bits per heavy atom. The van der Waals surface area contributed by atoms with E-state index >= 15 is 0 Å². The van der Waals surface area contributed by atoms with Crippen LogP contribution in [0.15, 0.2) is 27.6 Å². The summed E-state index contributed by atoms with van der Waals surface area (Å²) in [6.07, 6.45) is 4.81. The number of sulfone groups is 1. The molecular weight excluding hydrogens is 326 g/mol. The van der Waals surface area contributed by atoms with Gasteiger partial charge < -0.3 is 5.73 Å². The number of hydrogen-bond acceptors (Lipinski definition) is 3. The van der Waals surface area contributed by atoms with Crippen molar-refractivity contribution in [1.29, 1.82) is 0 Å². The summed E-state index contributed by atoms with van der Waals surface area (Å²) < 4.78 is 25.8. The molecule has 3 unspecified atom stereocenters. The third-order valence-corrected chi connectivity index (χ3v) is 7.01. The molecule has 0 amide bonds. The van der Waals surface area contributed by atoms with Crippen LogP contribution in [0.5, 0.6) is 0 Å². The molecule has 3 atom stereocenters. The van der Waals surface area contributed by atoms with Crippen molar-refractivity contribution in [1.82, 2.24) is 0 Å². The molecule has 1 aromatic rings. The van der Waals surface area contributed by atoms with E-state index in [1.807, 2.05) is 0 Å². The zero-order chi connectivity index (χ0) is 13.6. The van der Waals surface area contributed by atoms with Crippen molar-refractivity contribution in [2.24, 2.45) is 17.8 Å². The van der Waals surface area contributed by atoms with E-state index in [0.29, 0.717) is 17.5 Å². The average Bonchev–Trinajstić information content (AvgIpc) is 2.93. The first-order chi connectivity index (χ1) is 8.95. The third kappa shape index (κ3) is 2.55. The van der Waals surface area contributed by atoms with E-state index in [0.717, 1.165) is 16.8 Å². The Bertz CT molecular complexity index is 599. The van der Waals surface area contributed by atoms with Gasteiger partial charge in [0.1, 0.15) is 0 Å². The summed E-state index contributed by atoms with van der Waals surface area (Å²) in [6, 6.07) is 5.04. The quantitative estimate of drug-likeness (QED) is 0.857. The molecule has 0 heterocycles. The van der Waals surface area contributed by atoms with Gasteiger partial charge >= 0.3 is 0 Å². The topological polar surface area (TPSA) is 60.2 Å². The Balaban J connectivity index is 1.85. The molecular formula is C14H18BrNO2S. The Morgan fingerprint density at radius 1 is 1.26 bits per heavy atom. The Kier molecular flexibility index (Phi) is 3.38. The van der Waals surface area contributed by atoms with Crippen LogP contribution in [-0.2, 0) is 9.84 Å². The first-order valence-corrected chi connectivity index (χ1v) is 9.18. The molecule has 2 bridgehead atoms. The van der Waals surface area contributed by atoms with E-state index in [4.69, 9.17) is 5.73 Å². The minimum absolute atomic E-state index is 0.259. The largest absolute Gasteiger partial charge is 0.398 e. The van der Waals surface area contributed by atoms with Crippen LogP contribution in [0.1, 0.15) is 25.7 Å². The highest BCUT2D eigenvalue weighted by molar-refractivity contribution is 9.10. The molecule has 1 aromatic carbocycles. The van der Waals surface area contributed by atoms with Gasteiger partial charge in [0.05, 0.1) is 16.3 Å². The summed E-state index contributed by atoms with van der Waals surface area (Å²) in [7, 11) is -3.27. The molecule has 3 nitrogen and oxygen atoms in total. The maximum Gasteiger partial charge on any atom is 0.180 e. The number of nitrogen functional groups attached to an aromatic ring is 1. The summed E-state index contributed by atoms with van der Waals surface area (Å²) in [5.74, 6) is 1.98. The highest BCUT2D eigenvalue weighted by Crippen LogP contribution is 2.49. The van der Waals surface area contributed by atoms with Gasteiger partial charge in [-0.25, -0.2) is 8.42 Å². The Morgan fingerprint density at radius 3 is 2.68 bits per heavy atom. The molecule has 2 N–H and O–H groups in total. The number of nitrogens with two attached hydrogens (primary N) is 1. The first-order valence-electron chi connectivity index (χ1n) is 6.73. The molecule has 0 spiro atoms. The van der Waals surface area contributed by atoms with Crippen LogP contribution in [0.2, 0.25) is 0 Å². The molecule has 0 radical (unpaired) electrons. The SMILES string of the molecule is Nc1ccc(Br)cc1S(=O)(=O)CC1CC2CCC1C2. The van der Waals surface area contributed by atoms with E-state index in [-0.39, 0.29) is 10.6 Å². The minimum Gasteiger partial charge on any atom is -0.398 e. The van der Waals surface area contributed by atoms with E-state index in [2.05, 4.69) is 15.9 Å². The predicted molar refractivity (Wildman–Crippen MR) is 79.5 cm³/mol. The van der Waals surface area contributed by atoms with Crippen LogP contribution in [0.3, 0.4) is 0 Å². The van der Waals surface area contributed by atoms with Crippen LogP contribution < -0.4 is 5.73 Å². The van der Waals surface area contributed by atoms with Crippen molar-refractivity contribution in [3.05, 3.63) is 22.7 Å². The van der Waals surface area contributed by atoms with Gasteiger partial charge in [0.2, 0.25) is 0 Å². The highest BCUT2D eigenvalue weighted by atomic mass is 79.9. The normalized spacial score (nSPS) is 29.8. The first kappa shape index (κ1) is 13.4. The molecule has 0 saturated heterocycles. The Labute approximate surface area is 122 Å². The summed E-state index contributed by atoms with van der Waals surface area (Å²) in [5.41, 5.74) is 6.18. The molecule has 0 aromatic heterocycles. The number of anilines is 1. The second kappa shape index (κ2) is 4.77. The zero-order valence-electron chi connectivity index (χ0n) is 10.7. The maximum atomic E-state index is 12.5. The summed E-state index contributed by atoms with van der Waals surface area (Å²) in [4.78, 5) is 0.282. The van der Waals surface area contributed by atoms with Gasteiger partial charge in [0.25, 0.3) is 0 Å². The standard InChI is InChI=1S/C14H18BrNO2S/c15-12-3-4-13(16)14(7-12)19(17,18)8-11-6-9-1-2-10(11)5-9/h3-4,7,9-11H,1-2,5-6,8,16H2. The Hall–Kier alpha value is -0.550. The van der Waals surface area contributed by atoms with Crippen molar-refractivity contribution in [2.75, 3.05) is 11.5 Å². The third-order valence-electron chi connectivity index (χ3n) is 4.63. The molecule has 2 saturated carbocycles. The monoisotopic (exact) mass is 343 g/mol. The number of halogens is 1. The second-order valence-electron chi connectivity index (χ2n) is 5.90. The van der Waals surface area contributed by atoms with Gasteiger partial charge in [-0.05, 0) is 55.2 Å². The molecule has 19 heavy (non-hydrogen) atoms. The smallest absolute Gasteiger partial charge is 0.180 e. The fraction of sp³-hybridized carbons (Fsp3) is 0.571. The molecule has 2 fully saturated rings. The van der Waals surface area contributed by atoms with Crippen molar-refractivity contribution >= 4 is 31.5 Å². The number of hydrogen-bond donors (Lipinski definition) is 1. The van der Waals surface area contributed by atoms with E-state index in [1.165, 1.54) is 19.3 Å². The highest BCUT2D eigenvalue weighted by Gasteiger charge is 2.41. The molecule has 2 aliphatic carbocycles. The number of fused-ring (bicyclic) bond motifs is 2. The van der Waals surface area contributed by atoms with Gasteiger partial charge in [-0.1, -0.05) is 22.4 Å². The predicted octanol–water partition coefficient (Wildman–Crippen LogP) is 3.24. The van der Waals surface area contributed by atoms with Crippen molar-refractivity contribution in [3.8, 4) is 0 Å². The van der Waals surface area contributed by atoms with Crippen LogP contribution in [0.4, 0.5) is 5.69 Å². The van der Waals surface area contributed by atoms with E-state index in [9.17, 15) is 8.42 Å².